The van der Waals surface area contributed by atoms with Gasteiger partial charge in [0.05, 0.1) is 0 Å². The number of rotatable bonds is 3. The van der Waals surface area contributed by atoms with Gasteiger partial charge in [-0.3, -0.25) is 0 Å². The summed E-state index contributed by atoms with van der Waals surface area (Å²) in [4.78, 5) is 2.62. The fraction of sp³-hybridized carbons (Fsp3) is 1.00. The molecule has 0 bridgehead atoms. The van der Waals surface area contributed by atoms with Crippen LogP contribution in [0.25, 0.3) is 0 Å². The lowest BCUT2D eigenvalue weighted by Crippen LogP contribution is -2.63. The number of hydrogen-bond acceptors (Lipinski definition) is 2. The lowest BCUT2D eigenvalue weighted by Gasteiger charge is -2.55. The van der Waals surface area contributed by atoms with Gasteiger partial charge in [-0.25, -0.2) is 0 Å². The zero-order chi connectivity index (χ0) is 8.60. The summed E-state index contributed by atoms with van der Waals surface area (Å²) in [5, 5.41) is 0. The van der Waals surface area contributed by atoms with Gasteiger partial charge in [0.25, 0.3) is 0 Å². The predicted molar refractivity (Wildman–Crippen MR) is 55.7 cm³/mol. The van der Waals surface area contributed by atoms with Crippen molar-refractivity contribution in [1.29, 1.82) is 0 Å². The molecular weight excluding hydrogens is 166 g/mol. The summed E-state index contributed by atoms with van der Waals surface area (Å²) in [6.07, 6.45) is 2.86. The van der Waals surface area contributed by atoms with Crippen LogP contribution in [0.15, 0.2) is 0 Å². The van der Waals surface area contributed by atoms with E-state index in [1.54, 1.807) is 0 Å². The zero-order valence-electron chi connectivity index (χ0n) is 8.18. The van der Waals surface area contributed by atoms with E-state index < -0.39 is 0 Å². The smallest absolute Gasteiger partial charge is 0.0421 e. The Balaban J connectivity index is 1.62. The second kappa shape index (κ2) is 3.22. The van der Waals surface area contributed by atoms with E-state index in [0.717, 1.165) is 10.7 Å². The lowest BCUT2D eigenvalue weighted by molar-refractivity contribution is 0.110. The normalized spacial score (nSPS) is 27.2. The number of nitrogens with zero attached hydrogens (tertiary/aromatic N) is 1. The van der Waals surface area contributed by atoms with Gasteiger partial charge in [0.15, 0.2) is 0 Å². The molecule has 2 rings (SSSR count). The summed E-state index contributed by atoms with van der Waals surface area (Å²) in [6, 6.07) is 0. The first-order chi connectivity index (χ1) is 5.70. The monoisotopic (exact) mass is 185 g/mol. The highest BCUT2D eigenvalue weighted by molar-refractivity contribution is 8.02. The van der Waals surface area contributed by atoms with Crippen LogP contribution in [-0.2, 0) is 0 Å². The summed E-state index contributed by atoms with van der Waals surface area (Å²) in [5.41, 5.74) is 0. The maximum absolute atomic E-state index is 2.62. The van der Waals surface area contributed by atoms with Crippen molar-refractivity contribution < 1.29 is 0 Å². The summed E-state index contributed by atoms with van der Waals surface area (Å²) >= 11 is 2.19. The number of likely N-dealkylation sites (tertiary alicyclic amines) is 1. The molecule has 0 unspecified atom stereocenters. The zero-order valence-corrected chi connectivity index (χ0v) is 8.99. The molecule has 2 heterocycles. The van der Waals surface area contributed by atoms with Gasteiger partial charge < -0.3 is 4.90 Å². The molecule has 0 atom stereocenters. The standard InChI is InChI=1S/C10H19NS/c1-9(2)3-5-11-7-10(8-11)4-6-12-10/h9H,3-8H2,1-2H3. The van der Waals surface area contributed by atoms with Crippen LogP contribution in [0.3, 0.4) is 0 Å². The second-order valence-corrected chi connectivity index (χ2v) is 6.24. The average Bonchev–Trinajstić information content (AvgIpc) is 1.79. The van der Waals surface area contributed by atoms with Gasteiger partial charge in [0.1, 0.15) is 0 Å². The Morgan fingerprint density at radius 3 is 2.50 bits per heavy atom. The minimum atomic E-state index is 0.747. The molecule has 0 saturated carbocycles. The van der Waals surface area contributed by atoms with Crippen molar-refractivity contribution in [1.82, 2.24) is 4.90 Å². The molecular formula is C10H19NS. The van der Waals surface area contributed by atoms with E-state index in [2.05, 4.69) is 30.5 Å². The van der Waals surface area contributed by atoms with Crippen molar-refractivity contribution >= 4 is 11.8 Å². The summed E-state index contributed by atoms with van der Waals surface area (Å²) < 4.78 is 0.747. The fourth-order valence-corrected chi connectivity index (χ4v) is 3.34. The van der Waals surface area contributed by atoms with Gasteiger partial charge >= 0.3 is 0 Å². The van der Waals surface area contributed by atoms with Gasteiger partial charge in [-0.15, -0.1) is 0 Å². The largest absolute Gasteiger partial charge is 0.300 e. The van der Waals surface area contributed by atoms with E-state index in [9.17, 15) is 0 Å². The van der Waals surface area contributed by atoms with Gasteiger partial charge in [0, 0.05) is 17.8 Å². The molecule has 2 fully saturated rings. The van der Waals surface area contributed by atoms with Crippen molar-refractivity contribution in [3.8, 4) is 0 Å². The lowest BCUT2D eigenvalue weighted by atomic mass is 9.94. The van der Waals surface area contributed by atoms with Crippen molar-refractivity contribution in [2.24, 2.45) is 5.92 Å². The molecule has 70 valence electrons. The van der Waals surface area contributed by atoms with Gasteiger partial charge in [-0.2, -0.15) is 11.8 Å². The molecule has 2 saturated heterocycles. The van der Waals surface area contributed by atoms with Gasteiger partial charge in [-0.05, 0) is 31.1 Å². The maximum atomic E-state index is 2.62. The van der Waals surface area contributed by atoms with Crippen LogP contribution in [0.2, 0.25) is 0 Å². The van der Waals surface area contributed by atoms with Crippen LogP contribution >= 0.6 is 11.8 Å². The van der Waals surface area contributed by atoms with Gasteiger partial charge in [-0.1, -0.05) is 13.8 Å². The van der Waals surface area contributed by atoms with Crippen molar-refractivity contribution in [3.63, 3.8) is 0 Å². The van der Waals surface area contributed by atoms with Crippen molar-refractivity contribution in [2.75, 3.05) is 25.4 Å². The molecule has 2 heteroatoms. The first-order valence-electron chi connectivity index (χ1n) is 5.07. The third-order valence-corrected chi connectivity index (χ3v) is 4.50. The molecule has 12 heavy (non-hydrogen) atoms. The van der Waals surface area contributed by atoms with Crippen LogP contribution in [0.5, 0.6) is 0 Å². The molecule has 0 aromatic rings. The Bertz CT molecular complexity index is 155. The SMILES string of the molecule is CC(C)CCN1CC2(CCS2)C1. The summed E-state index contributed by atoms with van der Waals surface area (Å²) in [7, 11) is 0. The van der Waals surface area contributed by atoms with E-state index in [-0.39, 0.29) is 0 Å². The van der Waals surface area contributed by atoms with E-state index in [4.69, 9.17) is 0 Å². The Morgan fingerprint density at radius 1 is 1.42 bits per heavy atom. The van der Waals surface area contributed by atoms with Crippen molar-refractivity contribution in [3.05, 3.63) is 0 Å². The maximum Gasteiger partial charge on any atom is 0.0421 e. The van der Waals surface area contributed by atoms with E-state index >= 15 is 0 Å². The molecule has 0 aliphatic carbocycles. The van der Waals surface area contributed by atoms with E-state index in [1.807, 2.05) is 0 Å². The molecule has 2 aliphatic heterocycles. The quantitative estimate of drug-likeness (QED) is 0.663. The van der Waals surface area contributed by atoms with E-state index in [0.29, 0.717) is 0 Å². The Kier molecular flexibility index (Phi) is 2.39. The minimum absolute atomic E-state index is 0.747. The third-order valence-electron chi connectivity index (χ3n) is 3.01. The van der Waals surface area contributed by atoms with Crippen LogP contribution in [-0.4, -0.2) is 35.0 Å². The van der Waals surface area contributed by atoms with Crippen molar-refractivity contribution in [2.45, 2.75) is 31.4 Å². The van der Waals surface area contributed by atoms with E-state index in [1.165, 1.54) is 38.2 Å². The van der Waals surface area contributed by atoms with Crippen LogP contribution < -0.4 is 0 Å². The molecule has 2 aliphatic rings. The van der Waals surface area contributed by atoms with Gasteiger partial charge in [0.2, 0.25) is 0 Å². The third kappa shape index (κ3) is 1.64. The second-order valence-electron chi connectivity index (χ2n) is 4.67. The first kappa shape index (κ1) is 8.89. The molecule has 0 aromatic carbocycles. The highest BCUT2D eigenvalue weighted by Crippen LogP contribution is 2.47. The summed E-state index contributed by atoms with van der Waals surface area (Å²) in [6.45, 7) is 8.72. The highest BCUT2D eigenvalue weighted by atomic mass is 32.2. The van der Waals surface area contributed by atoms with Crippen LogP contribution in [0, 0.1) is 5.92 Å². The highest BCUT2D eigenvalue weighted by Gasteiger charge is 2.47. The van der Waals surface area contributed by atoms with Crippen LogP contribution in [0.4, 0.5) is 0 Å². The molecule has 0 N–H and O–H groups in total. The first-order valence-corrected chi connectivity index (χ1v) is 6.05. The number of thioether (sulfide) groups is 1. The van der Waals surface area contributed by atoms with Crippen LogP contribution in [0.1, 0.15) is 26.7 Å². The minimum Gasteiger partial charge on any atom is -0.300 e. The molecule has 0 amide bonds. The summed E-state index contributed by atoms with van der Waals surface area (Å²) in [5.74, 6) is 2.29. The predicted octanol–water partition coefficient (Wildman–Crippen LogP) is 2.22. The Labute approximate surface area is 79.9 Å². The Morgan fingerprint density at radius 2 is 2.08 bits per heavy atom. The molecule has 1 nitrogen and oxygen atoms in total. The topological polar surface area (TPSA) is 3.24 Å². The Hall–Kier alpha value is 0.310. The molecule has 1 spiro atoms. The molecule has 0 aromatic heterocycles. The molecule has 0 radical (unpaired) electrons. The average molecular weight is 185 g/mol. The number of hydrogen-bond donors (Lipinski definition) is 0. The fourth-order valence-electron chi connectivity index (χ4n) is 2.01.